The zero-order valence-electron chi connectivity index (χ0n) is 18.7. The Bertz CT molecular complexity index is 891. The van der Waals surface area contributed by atoms with Gasteiger partial charge in [-0.05, 0) is 69.3 Å². The lowest BCUT2D eigenvalue weighted by Crippen LogP contribution is -2.53. The summed E-state index contributed by atoms with van der Waals surface area (Å²) >= 11 is 0. The van der Waals surface area contributed by atoms with E-state index in [0.717, 1.165) is 43.5 Å². The van der Waals surface area contributed by atoms with E-state index in [2.05, 4.69) is 19.2 Å². The number of benzene rings is 1. The minimum atomic E-state index is -4.52. The number of rotatable bonds is 8. The van der Waals surface area contributed by atoms with E-state index in [4.69, 9.17) is 0 Å². The van der Waals surface area contributed by atoms with E-state index in [1.165, 1.54) is 4.31 Å². The number of halogens is 3. The van der Waals surface area contributed by atoms with Crippen molar-refractivity contribution < 1.29 is 26.4 Å². The summed E-state index contributed by atoms with van der Waals surface area (Å²) in [5.41, 5.74) is -0.873. The van der Waals surface area contributed by atoms with Gasteiger partial charge in [0.25, 0.3) is 0 Å². The molecule has 1 aromatic rings. The van der Waals surface area contributed by atoms with Crippen molar-refractivity contribution in [2.75, 3.05) is 20.1 Å². The molecular weight excluding hydrogens is 443 g/mol. The van der Waals surface area contributed by atoms with Crippen LogP contribution in [0.4, 0.5) is 13.2 Å². The normalized spacial score (nSPS) is 19.6. The minimum Gasteiger partial charge on any atom is -0.341 e. The third kappa shape index (κ3) is 5.63. The number of nitrogens with zero attached hydrogens (tertiary/aromatic N) is 2. The molecule has 32 heavy (non-hydrogen) atoms. The zero-order chi connectivity index (χ0) is 23.7. The molecule has 0 aromatic heterocycles. The molecule has 2 fully saturated rings. The van der Waals surface area contributed by atoms with Crippen LogP contribution in [0.2, 0.25) is 0 Å². The van der Waals surface area contributed by atoms with Gasteiger partial charge in [0, 0.05) is 25.2 Å². The van der Waals surface area contributed by atoms with Crippen LogP contribution in [-0.4, -0.2) is 61.8 Å². The van der Waals surface area contributed by atoms with Gasteiger partial charge in [-0.2, -0.15) is 17.5 Å². The van der Waals surface area contributed by atoms with Gasteiger partial charge in [0.2, 0.25) is 15.9 Å². The van der Waals surface area contributed by atoms with Gasteiger partial charge in [-0.1, -0.05) is 13.8 Å². The summed E-state index contributed by atoms with van der Waals surface area (Å²) in [5, 5.41) is 3.08. The standard InChI is InChI=1S/C22H32F3N3O3S/c1-15(2)14-20(26-3)21(29)27-12-10-18(11-13-27)28(17-6-7-17)32(30,31)19-8-4-16(5-9-19)22(23,24)25/h4-5,8-9,15,17-18,20,26H,6-7,10-14H2,1-3H3. The number of nitrogens with one attached hydrogen (secondary N) is 1. The summed E-state index contributed by atoms with van der Waals surface area (Å²) in [5.74, 6) is 0.399. The maximum Gasteiger partial charge on any atom is 0.416 e. The van der Waals surface area contributed by atoms with E-state index in [9.17, 15) is 26.4 Å². The number of hydrogen-bond acceptors (Lipinski definition) is 4. The zero-order valence-corrected chi connectivity index (χ0v) is 19.5. The highest BCUT2D eigenvalue weighted by atomic mass is 32.2. The molecule has 180 valence electrons. The van der Waals surface area contributed by atoms with Gasteiger partial charge in [0.15, 0.2) is 0 Å². The maximum atomic E-state index is 13.3. The van der Waals surface area contributed by atoms with Gasteiger partial charge in [0.05, 0.1) is 16.5 Å². The summed E-state index contributed by atoms with van der Waals surface area (Å²) in [6.45, 7) is 5.05. The van der Waals surface area contributed by atoms with E-state index < -0.39 is 21.8 Å². The molecule has 1 aromatic carbocycles. The molecule has 1 saturated heterocycles. The fourth-order valence-electron chi connectivity index (χ4n) is 4.33. The van der Waals surface area contributed by atoms with E-state index in [-0.39, 0.29) is 28.9 Å². The topological polar surface area (TPSA) is 69.7 Å². The van der Waals surface area contributed by atoms with E-state index in [0.29, 0.717) is 31.8 Å². The van der Waals surface area contributed by atoms with Crippen molar-refractivity contribution in [3.8, 4) is 0 Å². The average molecular weight is 476 g/mol. The van der Waals surface area contributed by atoms with Crippen molar-refractivity contribution in [3.05, 3.63) is 29.8 Å². The Morgan fingerprint density at radius 2 is 1.62 bits per heavy atom. The number of hydrogen-bond donors (Lipinski definition) is 1. The molecule has 0 bridgehead atoms. The molecule has 1 aliphatic carbocycles. The Morgan fingerprint density at radius 3 is 2.06 bits per heavy atom. The summed E-state index contributed by atoms with van der Waals surface area (Å²) in [7, 11) is -2.16. The second kappa shape index (κ2) is 9.69. The molecule has 1 aliphatic heterocycles. The number of carbonyl (C=O) groups excluding carboxylic acids is 1. The molecule has 2 aliphatic rings. The Kier molecular flexibility index (Phi) is 7.56. The number of amides is 1. The van der Waals surface area contributed by atoms with E-state index in [1.807, 2.05) is 0 Å². The molecule has 3 rings (SSSR count). The highest BCUT2D eigenvalue weighted by Crippen LogP contribution is 2.37. The molecule has 1 saturated carbocycles. The van der Waals surface area contributed by atoms with Gasteiger partial charge in [-0.3, -0.25) is 4.79 Å². The first-order valence-corrected chi connectivity index (χ1v) is 12.6. The predicted molar refractivity (Wildman–Crippen MR) is 115 cm³/mol. The Hall–Kier alpha value is -1.65. The largest absolute Gasteiger partial charge is 0.416 e. The lowest BCUT2D eigenvalue weighted by Gasteiger charge is -2.39. The SMILES string of the molecule is CNC(CC(C)C)C(=O)N1CCC(N(C2CC2)S(=O)(=O)c2ccc(C(F)(F)F)cc2)CC1. The molecule has 1 unspecified atom stereocenters. The number of piperidine rings is 1. The van der Waals surface area contributed by atoms with Gasteiger partial charge in [0.1, 0.15) is 0 Å². The highest BCUT2D eigenvalue weighted by Gasteiger charge is 2.44. The quantitative estimate of drug-likeness (QED) is 0.625. The molecule has 10 heteroatoms. The minimum absolute atomic E-state index is 0.0308. The second-order valence-electron chi connectivity index (χ2n) is 9.12. The van der Waals surface area contributed by atoms with Crippen LogP contribution in [0.3, 0.4) is 0 Å². The van der Waals surface area contributed by atoms with Gasteiger partial charge in [-0.25, -0.2) is 8.42 Å². The van der Waals surface area contributed by atoms with Crippen LogP contribution >= 0.6 is 0 Å². The van der Waals surface area contributed by atoms with Gasteiger partial charge in [-0.15, -0.1) is 0 Å². The third-order valence-corrected chi connectivity index (χ3v) is 8.17. The molecule has 1 heterocycles. The molecule has 1 atom stereocenters. The van der Waals surface area contributed by atoms with E-state index in [1.54, 1.807) is 11.9 Å². The monoisotopic (exact) mass is 475 g/mol. The Balaban J connectivity index is 1.71. The second-order valence-corrected chi connectivity index (χ2v) is 11.0. The van der Waals surface area contributed by atoms with Crippen molar-refractivity contribution in [2.24, 2.45) is 5.92 Å². The van der Waals surface area contributed by atoms with Crippen LogP contribution in [0.25, 0.3) is 0 Å². The van der Waals surface area contributed by atoms with Crippen LogP contribution in [0, 0.1) is 5.92 Å². The number of carbonyl (C=O) groups is 1. The molecular formula is C22H32F3N3O3S. The van der Waals surface area contributed by atoms with Crippen molar-refractivity contribution in [1.82, 2.24) is 14.5 Å². The number of sulfonamides is 1. The summed E-state index contributed by atoms with van der Waals surface area (Å²) in [4.78, 5) is 14.5. The third-order valence-electron chi connectivity index (χ3n) is 6.15. The average Bonchev–Trinajstić information content (AvgIpc) is 3.56. The highest BCUT2D eigenvalue weighted by molar-refractivity contribution is 7.89. The number of likely N-dealkylation sites (tertiary alicyclic amines) is 1. The fourth-order valence-corrected chi connectivity index (χ4v) is 6.26. The van der Waals surface area contributed by atoms with Crippen molar-refractivity contribution >= 4 is 15.9 Å². The molecule has 1 N–H and O–H groups in total. The Morgan fingerprint density at radius 1 is 1.09 bits per heavy atom. The predicted octanol–water partition coefficient (Wildman–Crippen LogP) is 3.48. The molecule has 1 amide bonds. The van der Waals surface area contributed by atoms with Crippen LogP contribution in [-0.2, 0) is 21.0 Å². The Labute approximate surface area is 188 Å². The molecule has 0 spiro atoms. The van der Waals surface area contributed by atoms with Crippen LogP contribution in [0.5, 0.6) is 0 Å². The molecule has 6 nitrogen and oxygen atoms in total. The first-order valence-electron chi connectivity index (χ1n) is 11.1. The van der Waals surface area contributed by atoms with Crippen LogP contribution in [0.1, 0.15) is 51.5 Å². The lowest BCUT2D eigenvalue weighted by molar-refractivity contribution is -0.137. The fraction of sp³-hybridized carbons (Fsp3) is 0.682. The summed E-state index contributed by atoms with van der Waals surface area (Å²) in [6, 6.07) is 3.04. The van der Waals surface area contributed by atoms with Crippen LogP contribution < -0.4 is 5.32 Å². The van der Waals surface area contributed by atoms with Gasteiger partial charge < -0.3 is 10.2 Å². The van der Waals surface area contributed by atoms with Crippen LogP contribution in [0.15, 0.2) is 29.2 Å². The first kappa shape index (κ1) is 25.0. The van der Waals surface area contributed by atoms with Gasteiger partial charge >= 0.3 is 6.18 Å². The molecule has 0 radical (unpaired) electrons. The first-order chi connectivity index (χ1) is 14.9. The smallest absolute Gasteiger partial charge is 0.341 e. The van der Waals surface area contributed by atoms with E-state index >= 15 is 0 Å². The maximum absolute atomic E-state index is 13.3. The van der Waals surface area contributed by atoms with Crippen molar-refractivity contribution in [1.29, 1.82) is 0 Å². The van der Waals surface area contributed by atoms with Crippen molar-refractivity contribution in [3.63, 3.8) is 0 Å². The number of alkyl halides is 3. The summed E-state index contributed by atoms with van der Waals surface area (Å²) in [6.07, 6.45) is -1.27. The summed E-state index contributed by atoms with van der Waals surface area (Å²) < 4.78 is 66.7. The number of likely N-dealkylation sites (N-methyl/N-ethyl adjacent to an activating group) is 1. The van der Waals surface area contributed by atoms with Crippen molar-refractivity contribution in [2.45, 2.75) is 75.1 Å². The lowest BCUT2D eigenvalue weighted by atomic mass is 10.00.